The second-order valence-electron chi connectivity index (χ2n) is 3.53. The topological polar surface area (TPSA) is 42.4 Å². The quantitative estimate of drug-likeness (QED) is 0.882. The maximum atomic E-state index is 12.6. The summed E-state index contributed by atoms with van der Waals surface area (Å²) in [6, 6.07) is 10.1. The Morgan fingerprint density at radius 2 is 1.88 bits per heavy atom. The molecule has 88 valence electrons. The first-order valence-corrected chi connectivity index (χ1v) is 5.27. The van der Waals surface area contributed by atoms with Crippen LogP contribution < -0.4 is 4.74 Å². The number of benzene rings is 1. The minimum Gasteiger partial charge on any atom is -0.439 e. The van der Waals surface area contributed by atoms with Crippen LogP contribution in [0, 0.1) is 5.82 Å². The van der Waals surface area contributed by atoms with E-state index in [9.17, 15) is 4.39 Å². The van der Waals surface area contributed by atoms with Crippen molar-refractivity contribution in [3.63, 3.8) is 0 Å². The van der Waals surface area contributed by atoms with Crippen molar-refractivity contribution in [3.8, 4) is 11.6 Å². The predicted octanol–water partition coefficient (Wildman–Crippen LogP) is 2.55. The Hall–Kier alpha value is -1.94. The summed E-state index contributed by atoms with van der Waals surface area (Å²) in [6.45, 7) is 0.125. The lowest BCUT2D eigenvalue weighted by Gasteiger charge is -2.05. The Morgan fingerprint density at radius 3 is 2.47 bits per heavy atom. The van der Waals surface area contributed by atoms with E-state index in [1.807, 2.05) is 12.1 Å². The molecule has 0 amide bonds. The van der Waals surface area contributed by atoms with Gasteiger partial charge in [0.25, 0.3) is 0 Å². The summed E-state index contributed by atoms with van der Waals surface area (Å²) < 4.78 is 18.0. The molecule has 0 saturated heterocycles. The van der Waals surface area contributed by atoms with E-state index >= 15 is 0 Å². The Kier molecular flexibility index (Phi) is 3.67. The molecule has 0 aliphatic heterocycles. The van der Waals surface area contributed by atoms with Gasteiger partial charge in [-0.25, -0.2) is 9.37 Å². The van der Waals surface area contributed by atoms with Crippen molar-refractivity contribution < 1.29 is 14.2 Å². The number of aromatic nitrogens is 1. The summed E-state index contributed by atoms with van der Waals surface area (Å²) in [6.07, 6.45) is 1.73. The van der Waals surface area contributed by atoms with Crippen LogP contribution in [0.5, 0.6) is 11.6 Å². The Bertz CT molecular complexity index is 468. The Morgan fingerprint density at radius 1 is 1.12 bits per heavy atom. The van der Waals surface area contributed by atoms with Gasteiger partial charge in [0.1, 0.15) is 11.6 Å². The van der Waals surface area contributed by atoms with E-state index in [0.717, 1.165) is 11.8 Å². The van der Waals surface area contributed by atoms with Gasteiger partial charge >= 0.3 is 0 Å². The van der Waals surface area contributed by atoms with Gasteiger partial charge in [0.05, 0.1) is 6.20 Å². The second kappa shape index (κ2) is 5.41. The van der Waals surface area contributed by atoms with Crippen molar-refractivity contribution in [2.75, 3.05) is 6.61 Å². The molecular weight excluding hydrogens is 221 g/mol. The third kappa shape index (κ3) is 3.26. The zero-order valence-electron chi connectivity index (χ0n) is 9.14. The number of hydrogen-bond donors (Lipinski definition) is 1. The fourth-order valence-electron chi connectivity index (χ4n) is 1.40. The summed E-state index contributed by atoms with van der Waals surface area (Å²) in [5, 5.41) is 8.77. The summed E-state index contributed by atoms with van der Waals surface area (Å²) in [5.41, 5.74) is 1.03. The van der Waals surface area contributed by atoms with E-state index in [0.29, 0.717) is 18.1 Å². The fraction of sp³-hybridized carbons (Fsp3) is 0.154. The summed E-state index contributed by atoms with van der Waals surface area (Å²) in [7, 11) is 0. The van der Waals surface area contributed by atoms with Crippen LogP contribution in [0.3, 0.4) is 0 Å². The Labute approximate surface area is 98.5 Å². The number of ether oxygens (including phenoxy) is 1. The first-order chi connectivity index (χ1) is 8.28. The molecule has 17 heavy (non-hydrogen) atoms. The predicted molar refractivity (Wildman–Crippen MR) is 61.5 cm³/mol. The lowest BCUT2D eigenvalue weighted by molar-refractivity contribution is 0.299. The van der Waals surface area contributed by atoms with Gasteiger partial charge in [-0.05, 0) is 30.2 Å². The lowest BCUT2D eigenvalue weighted by Crippen LogP contribution is -1.91. The number of halogens is 1. The highest BCUT2D eigenvalue weighted by Crippen LogP contribution is 2.19. The average Bonchev–Trinajstić information content (AvgIpc) is 2.35. The molecule has 2 aromatic rings. The van der Waals surface area contributed by atoms with Crippen molar-refractivity contribution >= 4 is 0 Å². The standard InChI is InChI=1S/C13H12FNO2/c14-11-3-6-13(15-9-11)17-12-4-1-10(2-5-12)7-8-16/h1-6,9,16H,7-8H2. The molecule has 4 heteroatoms. The van der Waals surface area contributed by atoms with Gasteiger partial charge in [-0.3, -0.25) is 0 Å². The number of aliphatic hydroxyl groups is 1. The van der Waals surface area contributed by atoms with Crippen LogP contribution >= 0.6 is 0 Å². The van der Waals surface area contributed by atoms with E-state index in [4.69, 9.17) is 9.84 Å². The van der Waals surface area contributed by atoms with Gasteiger partial charge < -0.3 is 9.84 Å². The van der Waals surface area contributed by atoms with Crippen molar-refractivity contribution in [1.29, 1.82) is 0 Å². The molecule has 0 aliphatic rings. The molecule has 0 atom stereocenters. The van der Waals surface area contributed by atoms with Gasteiger partial charge in [0.15, 0.2) is 0 Å². The third-order valence-corrected chi connectivity index (χ3v) is 2.25. The smallest absolute Gasteiger partial charge is 0.219 e. The van der Waals surface area contributed by atoms with E-state index in [1.165, 1.54) is 12.1 Å². The van der Waals surface area contributed by atoms with Gasteiger partial charge in [-0.15, -0.1) is 0 Å². The van der Waals surface area contributed by atoms with Crippen LogP contribution in [-0.4, -0.2) is 16.7 Å². The molecule has 0 aliphatic carbocycles. The number of pyridine rings is 1. The molecule has 2 rings (SSSR count). The maximum absolute atomic E-state index is 12.6. The second-order valence-corrected chi connectivity index (χ2v) is 3.53. The van der Waals surface area contributed by atoms with E-state index < -0.39 is 5.82 Å². The van der Waals surface area contributed by atoms with E-state index in [-0.39, 0.29) is 6.61 Å². The molecule has 0 radical (unpaired) electrons. The highest BCUT2D eigenvalue weighted by molar-refractivity contribution is 5.30. The largest absolute Gasteiger partial charge is 0.439 e. The molecule has 0 spiro atoms. The minimum absolute atomic E-state index is 0.125. The molecule has 0 fully saturated rings. The first kappa shape index (κ1) is 11.5. The van der Waals surface area contributed by atoms with Crippen molar-refractivity contribution in [3.05, 3.63) is 54.0 Å². The first-order valence-electron chi connectivity index (χ1n) is 5.27. The van der Waals surface area contributed by atoms with Crippen LogP contribution in [0.1, 0.15) is 5.56 Å². The number of rotatable bonds is 4. The molecule has 0 unspecified atom stereocenters. The van der Waals surface area contributed by atoms with Crippen LogP contribution in [0.25, 0.3) is 0 Å². The van der Waals surface area contributed by atoms with Gasteiger partial charge in [0, 0.05) is 12.7 Å². The summed E-state index contributed by atoms with van der Waals surface area (Å²) in [4.78, 5) is 3.80. The monoisotopic (exact) mass is 233 g/mol. The number of nitrogens with zero attached hydrogens (tertiary/aromatic N) is 1. The number of aliphatic hydroxyl groups excluding tert-OH is 1. The SMILES string of the molecule is OCCc1ccc(Oc2ccc(F)cn2)cc1. The highest BCUT2D eigenvalue weighted by Gasteiger charge is 1.99. The fourth-order valence-corrected chi connectivity index (χ4v) is 1.40. The summed E-state index contributed by atoms with van der Waals surface area (Å²) >= 11 is 0. The number of hydrogen-bond acceptors (Lipinski definition) is 3. The van der Waals surface area contributed by atoms with E-state index in [2.05, 4.69) is 4.98 Å². The van der Waals surface area contributed by atoms with Gasteiger partial charge in [-0.2, -0.15) is 0 Å². The van der Waals surface area contributed by atoms with Crippen molar-refractivity contribution in [1.82, 2.24) is 4.98 Å². The normalized spacial score (nSPS) is 10.2. The molecule has 0 bridgehead atoms. The van der Waals surface area contributed by atoms with Crippen LogP contribution in [0.4, 0.5) is 4.39 Å². The van der Waals surface area contributed by atoms with E-state index in [1.54, 1.807) is 12.1 Å². The molecule has 1 N–H and O–H groups in total. The van der Waals surface area contributed by atoms with Crippen molar-refractivity contribution in [2.24, 2.45) is 0 Å². The Balaban J connectivity index is 2.05. The molecule has 0 saturated carbocycles. The van der Waals surface area contributed by atoms with Crippen molar-refractivity contribution in [2.45, 2.75) is 6.42 Å². The zero-order valence-corrected chi connectivity index (χ0v) is 9.14. The summed E-state index contributed by atoms with van der Waals surface area (Å²) in [5.74, 6) is 0.586. The third-order valence-electron chi connectivity index (χ3n) is 2.25. The molecule has 3 nitrogen and oxygen atoms in total. The van der Waals surface area contributed by atoms with Gasteiger partial charge in [-0.1, -0.05) is 12.1 Å². The maximum Gasteiger partial charge on any atom is 0.219 e. The lowest BCUT2D eigenvalue weighted by atomic mass is 10.1. The van der Waals surface area contributed by atoms with Crippen LogP contribution in [-0.2, 0) is 6.42 Å². The zero-order chi connectivity index (χ0) is 12.1. The minimum atomic E-state index is -0.393. The highest BCUT2D eigenvalue weighted by atomic mass is 19.1. The molecule has 1 aromatic heterocycles. The molecular formula is C13H12FNO2. The average molecular weight is 233 g/mol. The van der Waals surface area contributed by atoms with Gasteiger partial charge in [0.2, 0.25) is 5.88 Å². The van der Waals surface area contributed by atoms with Crippen LogP contribution in [0.2, 0.25) is 0 Å². The van der Waals surface area contributed by atoms with Crippen LogP contribution in [0.15, 0.2) is 42.6 Å². The molecule has 1 aromatic carbocycles. The molecule has 1 heterocycles.